The van der Waals surface area contributed by atoms with Crippen LogP contribution in [-0.4, -0.2) is 33.7 Å². The molecule has 1 aliphatic heterocycles. The van der Waals surface area contributed by atoms with E-state index < -0.39 is 6.04 Å². The van der Waals surface area contributed by atoms with Crippen LogP contribution in [0.25, 0.3) is 20.2 Å². The highest BCUT2D eigenvalue weighted by molar-refractivity contribution is 7.26. The number of fused-ring (bicyclic) bond motifs is 3. The fourth-order valence-electron chi connectivity index (χ4n) is 5.06. The molecule has 1 saturated heterocycles. The average molecular weight is 460 g/mol. The van der Waals surface area contributed by atoms with Gasteiger partial charge in [-0.2, -0.15) is 5.10 Å². The Kier molecular flexibility index (Phi) is 6.02. The van der Waals surface area contributed by atoms with E-state index in [4.69, 9.17) is 0 Å². The van der Waals surface area contributed by atoms with Gasteiger partial charge in [0, 0.05) is 23.2 Å². The molecule has 2 aromatic carbocycles. The number of piperidine rings is 1. The molecule has 1 atom stereocenters. The first-order valence-electron chi connectivity index (χ1n) is 11.8. The summed E-state index contributed by atoms with van der Waals surface area (Å²) in [4.78, 5) is 29.0. The zero-order chi connectivity index (χ0) is 22.9. The molecule has 5 nitrogen and oxygen atoms in total. The van der Waals surface area contributed by atoms with Crippen molar-refractivity contribution in [2.75, 3.05) is 13.1 Å². The Labute approximate surface area is 197 Å². The van der Waals surface area contributed by atoms with E-state index in [0.717, 1.165) is 52.8 Å². The molecular formula is C27H29N3O2S. The summed E-state index contributed by atoms with van der Waals surface area (Å²) in [5.41, 5.74) is 2.00. The number of hydrogen-bond donors (Lipinski definition) is 0. The van der Waals surface area contributed by atoms with Crippen molar-refractivity contribution < 1.29 is 4.79 Å². The lowest BCUT2D eigenvalue weighted by atomic mass is 9.90. The number of aromatic nitrogens is 2. The van der Waals surface area contributed by atoms with Crippen molar-refractivity contribution in [3.63, 3.8) is 0 Å². The number of likely N-dealkylation sites (tertiary alicyclic amines) is 1. The summed E-state index contributed by atoms with van der Waals surface area (Å²) < 4.78 is 3.45. The van der Waals surface area contributed by atoms with Gasteiger partial charge in [-0.15, -0.1) is 11.3 Å². The number of rotatable bonds is 5. The predicted molar refractivity (Wildman–Crippen MR) is 135 cm³/mol. The van der Waals surface area contributed by atoms with Gasteiger partial charge in [0.25, 0.3) is 5.56 Å². The highest BCUT2D eigenvalue weighted by Crippen LogP contribution is 2.33. The number of thiophene rings is 1. The third kappa shape index (κ3) is 4.08. The van der Waals surface area contributed by atoms with Gasteiger partial charge in [0.05, 0.1) is 15.8 Å². The van der Waals surface area contributed by atoms with Crippen molar-refractivity contribution in [1.29, 1.82) is 0 Å². The topological polar surface area (TPSA) is 55.2 Å². The van der Waals surface area contributed by atoms with Gasteiger partial charge in [0.2, 0.25) is 5.91 Å². The average Bonchev–Trinajstić information content (AvgIpc) is 3.24. The molecule has 0 unspecified atom stereocenters. The lowest BCUT2D eigenvalue weighted by Crippen LogP contribution is -2.45. The predicted octanol–water partition coefficient (Wildman–Crippen LogP) is 5.35. The van der Waals surface area contributed by atoms with E-state index in [1.54, 1.807) is 11.3 Å². The molecule has 33 heavy (non-hydrogen) atoms. The van der Waals surface area contributed by atoms with Crippen LogP contribution in [0.15, 0.2) is 59.4 Å². The van der Waals surface area contributed by atoms with Crippen molar-refractivity contribution in [2.45, 2.75) is 45.6 Å². The standard InChI is InChI=1S/C27H29N3O2S/c1-3-22(26(31)29-15-13-20(14-16-29)17-19-9-5-4-6-10-19)30-27(32)24-21-11-7-8-12-23(21)33-25(24)18(2)28-30/h4-12,20,22H,3,13-17H2,1-2H3/t22-/m1/s1. The Morgan fingerprint density at radius 3 is 2.52 bits per heavy atom. The van der Waals surface area contributed by atoms with Crippen molar-refractivity contribution in [3.05, 3.63) is 76.2 Å². The Bertz CT molecular complexity index is 1350. The second-order valence-electron chi connectivity index (χ2n) is 9.02. The summed E-state index contributed by atoms with van der Waals surface area (Å²) in [6.07, 6.45) is 3.59. The summed E-state index contributed by atoms with van der Waals surface area (Å²) in [5.74, 6) is 0.608. The van der Waals surface area contributed by atoms with E-state index in [1.165, 1.54) is 10.2 Å². The van der Waals surface area contributed by atoms with Gasteiger partial charge in [-0.1, -0.05) is 55.5 Å². The number of carbonyl (C=O) groups excluding carboxylic acids is 1. The zero-order valence-electron chi connectivity index (χ0n) is 19.2. The number of aryl methyl sites for hydroxylation is 1. The van der Waals surface area contributed by atoms with E-state index in [9.17, 15) is 9.59 Å². The Hall–Kier alpha value is -2.99. The number of benzene rings is 2. The van der Waals surface area contributed by atoms with Crippen LogP contribution in [0.1, 0.15) is 43.5 Å². The van der Waals surface area contributed by atoms with Crippen LogP contribution in [0.4, 0.5) is 0 Å². The van der Waals surface area contributed by atoms with Crippen molar-refractivity contribution in [1.82, 2.24) is 14.7 Å². The van der Waals surface area contributed by atoms with E-state index in [-0.39, 0.29) is 11.5 Å². The first kappa shape index (κ1) is 21.8. The molecule has 1 aliphatic rings. The second-order valence-corrected chi connectivity index (χ2v) is 10.1. The molecule has 6 heteroatoms. The van der Waals surface area contributed by atoms with Crippen LogP contribution in [0.5, 0.6) is 0 Å². The first-order valence-corrected chi connectivity index (χ1v) is 12.6. The Morgan fingerprint density at radius 1 is 1.09 bits per heavy atom. The normalized spacial score (nSPS) is 15.9. The second kappa shape index (κ2) is 9.10. The molecule has 2 aromatic heterocycles. The monoisotopic (exact) mass is 459 g/mol. The maximum Gasteiger partial charge on any atom is 0.276 e. The SMILES string of the molecule is CC[C@H](C(=O)N1CCC(Cc2ccccc2)CC1)n1nc(C)c2sc3ccccc3c2c1=O. The number of amides is 1. The maximum absolute atomic E-state index is 13.5. The van der Waals surface area contributed by atoms with Crippen molar-refractivity contribution in [3.8, 4) is 0 Å². The number of nitrogens with zero attached hydrogens (tertiary/aromatic N) is 3. The number of hydrogen-bond acceptors (Lipinski definition) is 4. The maximum atomic E-state index is 13.5. The summed E-state index contributed by atoms with van der Waals surface area (Å²) in [6, 6.07) is 18.0. The van der Waals surface area contributed by atoms with Crippen LogP contribution in [0.3, 0.4) is 0 Å². The Balaban J connectivity index is 1.39. The van der Waals surface area contributed by atoms with E-state index in [0.29, 0.717) is 17.7 Å². The van der Waals surface area contributed by atoms with Gasteiger partial charge in [-0.05, 0) is 50.2 Å². The van der Waals surface area contributed by atoms with Crippen LogP contribution >= 0.6 is 11.3 Å². The van der Waals surface area contributed by atoms with Gasteiger partial charge >= 0.3 is 0 Å². The minimum Gasteiger partial charge on any atom is -0.341 e. The van der Waals surface area contributed by atoms with Gasteiger partial charge in [-0.3, -0.25) is 9.59 Å². The lowest BCUT2D eigenvalue weighted by Gasteiger charge is -2.34. The van der Waals surface area contributed by atoms with Gasteiger partial charge in [0.1, 0.15) is 6.04 Å². The molecule has 1 fully saturated rings. The highest BCUT2D eigenvalue weighted by Gasteiger charge is 2.30. The van der Waals surface area contributed by atoms with Crippen LogP contribution in [-0.2, 0) is 11.2 Å². The summed E-state index contributed by atoms with van der Waals surface area (Å²) in [6.45, 7) is 5.37. The fraction of sp³-hybridized carbons (Fsp3) is 0.370. The third-order valence-corrected chi connectivity index (χ3v) is 8.14. The van der Waals surface area contributed by atoms with Crippen molar-refractivity contribution >= 4 is 37.4 Å². The zero-order valence-corrected chi connectivity index (χ0v) is 20.0. The molecule has 0 N–H and O–H groups in total. The summed E-state index contributed by atoms with van der Waals surface area (Å²) in [5, 5.41) is 6.26. The van der Waals surface area contributed by atoms with E-state index >= 15 is 0 Å². The van der Waals surface area contributed by atoms with Gasteiger partial charge in [0.15, 0.2) is 0 Å². The molecule has 0 radical (unpaired) electrons. The van der Waals surface area contributed by atoms with Crippen molar-refractivity contribution in [2.24, 2.45) is 5.92 Å². The van der Waals surface area contributed by atoms with E-state index in [2.05, 4.69) is 29.4 Å². The van der Waals surface area contributed by atoms with E-state index in [1.807, 2.05) is 49.1 Å². The largest absolute Gasteiger partial charge is 0.341 e. The molecule has 170 valence electrons. The van der Waals surface area contributed by atoms with Gasteiger partial charge in [-0.25, -0.2) is 4.68 Å². The molecule has 0 spiro atoms. The quantitative estimate of drug-likeness (QED) is 0.404. The van der Waals surface area contributed by atoms with Crippen LogP contribution in [0, 0.1) is 12.8 Å². The molecule has 5 rings (SSSR count). The lowest BCUT2D eigenvalue weighted by molar-refractivity contribution is -0.136. The molecule has 1 amide bonds. The number of carbonyl (C=O) groups is 1. The molecule has 0 aliphatic carbocycles. The molecule has 3 heterocycles. The summed E-state index contributed by atoms with van der Waals surface area (Å²) >= 11 is 1.60. The van der Waals surface area contributed by atoms with Crippen LogP contribution in [0.2, 0.25) is 0 Å². The van der Waals surface area contributed by atoms with Crippen LogP contribution < -0.4 is 5.56 Å². The minimum atomic E-state index is -0.565. The summed E-state index contributed by atoms with van der Waals surface area (Å²) in [7, 11) is 0. The molecule has 0 saturated carbocycles. The van der Waals surface area contributed by atoms with Gasteiger partial charge < -0.3 is 4.90 Å². The smallest absolute Gasteiger partial charge is 0.276 e. The highest BCUT2D eigenvalue weighted by atomic mass is 32.1. The molecular weight excluding hydrogens is 430 g/mol. The first-order chi connectivity index (χ1) is 16.1. The molecule has 4 aromatic rings. The minimum absolute atomic E-state index is 0.0172. The Morgan fingerprint density at radius 2 is 1.79 bits per heavy atom. The molecule has 0 bridgehead atoms. The fourth-order valence-corrected chi connectivity index (χ4v) is 6.19. The third-order valence-electron chi connectivity index (χ3n) is 6.86.